The van der Waals surface area contributed by atoms with Crippen molar-refractivity contribution in [2.45, 2.75) is 30.3 Å². The van der Waals surface area contributed by atoms with Crippen LogP contribution in [-0.4, -0.2) is 45.2 Å². The third-order valence-corrected chi connectivity index (χ3v) is 5.65. The van der Waals surface area contributed by atoms with E-state index >= 15 is 0 Å². The van der Waals surface area contributed by atoms with Crippen molar-refractivity contribution < 1.29 is 18.6 Å². The molecule has 1 fully saturated rings. The maximum Gasteiger partial charge on any atom is 0.255 e. The highest BCUT2D eigenvalue weighted by molar-refractivity contribution is 7.85. The Morgan fingerprint density at radius 2 is 2.16 bits per heavy atom. The number of amides is 3. The Morgan fingerprint density at radius 3 is 2.88 bits per heavy atom. The SMILES string of the molecule is [N-]=[N+]=NCCS(=O)c1cccc2c1CN(C1CCC(=O)NC1=O)C2=O. The second kappa shape index (κ2) is 7.04. The van der Waals surface area contributed by atoms with Crippen molar-refractivity contribution in [3.05, 3.63) is 39.8 Å². The van der Waals surface area contributed by atoms with Crippen LogP contribution in [0.15, 0.2) is 28.2 Å². The highest BCUT2D eigenvalue weighted by Gasteiger charge is 2.40. The fourth-order valence-electron chi connectivity index (χ4n) is 3.05. The lowest BCUT2D eigenvalue weighted by Gasteiger charge is -2.29. The van der Waals surface area contributed by atoms with Gasteiger partial charge in [-0.1, -0.05) is 11.2 Å². The molecule has 0 bridgehead atoms. The predicted molar refractivity (Wildman–Crippen MR) is 87.8 cm³/mol. The minimum Gasteiger partial charge on any atom is -0.322 e. The van der Waals surface area contributed by atoms with Crippen molar-refractivity contribution in [2.75, 3.05) is 12.3 Å². The van der Waals surface area contributed by atoms with Crippen molar-refractivity contribution >= 4 is 28.5 Å². The summed E-state index contributed by atoms with van der Waals surface area (Å²) in [7, 11) is -1.41. The van der Waals surface area contributed by atoms with Gasteiger partial charge in [0.2, 0.25) is 11.8 Å². The molecule has 3 amide bonds. The number of carbonyl (C=O) groups excluding carboxylic acids is 3. The van der Waals surface area contributed by atoms with E-state index in [0.29, 0.717) is 16.0 Å². The van der Waals surface area contributed by atoms with E-state index in [-0.39, 0.29) is 43.5 Å². The molecule has 2 atom stereocenters. The topological polar surface area (TPSA) is 132 Å². The van der Waals surface area contributed by atoms with Gasteiger partial charge in [-0.15, -0.1) is 0 Å². The molecule has 0 radical (unpaired) electrons. The minimum atomic E-state index is -1.41. The number of rotatable bonds is 5. The normalized spacial score (nSPS) is 20.7. The Morgan fingerprint density at radius 1 is 1.36 bits per heavy atom. The van der Waals surface area contributed by atoms with Crippen LogP contribution >= 0.6 is 0 Å². The smallest absolute Gasteiger partial charge is 0.255 e. The standard InChI is InChI=1S/C15H15N5O4S/c16-19-17-6-7-25(24)12-3-1-2-9-10(12)8-20(15(9)23)11-4-5-13(21)18-14(11)22/h1-3,11H,4-8H2,(H,18,21,22). The first-order valence-corrected chi connectivity index (χ1v) is 9.00. The molecule has 0 saturated carbocycles. The van der Waals surface area contributed by atoms with E-state index in [1.165, 1.54) is 4.90 Å². The fraction of sp³-hybridized carbons (Fsp3) is 0.400. The molecular formula is C15H15N5O4S. The van der Waals surface area contributed by atoms with Gasteiger partial charge >= 0.3 is 0 Å². The number of benzene rings is 1. The number of carbonyl (C=O) groups is 3. The Labute approximate surface area is 145 Å². The summed E-state index contributed by atoms with van der Waals surface area (Å²) in [5.74, 6) is -0.972. The van der Waals surface area contributed by atoms with Gasteiger partial charge in [0.15, 0.2) is 0 Å². The summed E-state index contributed by atoms with van der Waals surface area (Å²) in [4.78, 5) is 40.6. The van der Waals surface area contributed by atoms with Crippen LogP contribution in [-0.2, 0) is 26.9 Å². The lowest BCUT2D eigenvalue weighted by Crippen LogP contribution is -2.52. The molecule has 1 saturated heterocycles. The van der Waals surface area contributed by atoms with Crippen molar-refractivity contribution in [2.24, 2.45) is 5.11 Å². The first-order valence-electron chi connectivity index (χ1n) is 7.68. The van der Waals surface area contributed by atoms with E-state index in [9.17, 15) is 18.6 Å². The minimum absolute atomic E-state index is 0.0948. The number of hydrogen-bond donors (Lipinski definition) is 1. The summed E-state index contributed by atoms with van der Waals surface area (Å²) in [6, 6.07) is 4.25. The van der Waals surface area contributed by atoms with Crippen LogP contribution in [0.25, 0.3) is 10.4 Å². The van der Waals surface area contributed by atoms with Gasteiger partial charge in [0.05, 0.1) is 10.8 Å². The molecule has 10 heteroatoms. The third-order valence-electron chi connectivity index (χ3n) is 4.22. The van der Waals surface area contributed by atoms with Crippen LogP contribution in [0.5, 0.6) is 0 Å². The van der Waals surface area contributed by atoms with Crippen LogP contribution < -0.4 is 5.32 Å². The first kappa shape index (κ1) is 17.1. The number of nitrogens with one attached hydrogen (secondary N) is 1. The Kier molecular flexibility index (Phi) is 4.82. The molecule has 9 nitrogen and oxygen atoms in total. The zero-order valence-corrected chi connectivity index (χ0v) is 14.0. The number of imide groups is 1. The molecule has 25 heavy (non-hydrogen) atoms. The van der Waals surface area contributed by atoms with E-state index in [0.717, 1.165) is 0 Å². The largest absolute Gasteiger partial charge is 0.322 e. The van der Waals surface area contributed by atoms with Crippen LogP contribution in [0.4, 0.5) is 0 Å². The number of piperidine rings is 1. The highest BCUT2D eigenvalue weighted by Crippen LogP contribution is 2.31. The van der Waals surface area contributed by atoms with Crippen LogP contribution in [0.2, 0.25) is 0 Å². The average molecular weight is 361 g/mol. The van der Waals surface area contributed by atoms with Crippen molar-refractivity contribution in [1.82, 2.24) is 10.2 Å². The molecule has 2 unspecified atom stereocenters. The first-order chi connectivity index (χ1) is 12.0. The zero-order chi connectivity index (χ0) is 18.0. The molecule has 0 aliphatic carbocycles. The lowest BCUT2D eigenvalue weighted by molar-refractivity contribution is -0.136. The average Bonchev–Trinajstić information content (AvgIpc) is 2.92. The Hall–Kier alpha value is -2.71. The number of fused-ring (bicyclic) bond motifs is 1. The number of nitrogens with zero attached hydrogens (tertiary/aromatic N) is 4. The summed E-state index contributed by atoms with van der Waals surface area (Å²) in [6.45, 7) is 0.265. The van der Waals surface area contributed by atoms with Crippen LogP contribution in [0.3, 0.4) is 0 Å². The molecule has 0 spiro atoms. The van der Waals surface area contributed by atoms with E-state index < -0.39 is 22.7 Å². The summed E-state index contributed by atoms with van der Waals surface area (Å²) in [6.07, 6.45) is 0.460. The van der Waals surface area contributed by atoms with Gasteiger partial charge in [-0.05, 0) is 24.1 Å². The summed E-state index contributed by atoms with van der Waals surface area (Å²) < 4.78 is 12.5. The van der Waals surface area contributed by atoms with Gasteiger partial charge in [0.1, 0.15) is 6.04 Å². The Bertz CT molecular complexity index is 833. The highest BCUT2D eigenvalue weighted by atomic mass is 32.2. The maximum atomic E-state index is 12.7. The van der Waals surface area contributed by atoms with Gasteiger partial charge in [-0.25, -0.2) is 0 Å². The molecule has 2 aliphatic heterocycles. The summed E-state index contributed by atoms with van der Waals surface area (Å²) >= 11 is 0. The second-order valence-corrected chi connectivity index (χ2v) is 7.23. The lowest BCUT2D eigenvalue weighted by atomic mass is 10.0. The second-order valence-electron chi connectivity index (χ2n) is 5.69. The van der Waals surface area contributed by atoms with Gasteiger partial charge in [-0.2, -0.15) is 0 Å². The molecule has 0 aromatic heterocycles. The molecular weight excluding hydrogens is 346 g/mol. The number of hydrogen-bond acceptors (Lipinski definition) is 5. The number of azide groups is 1. The van der Waals surface area contributed by atoms with Gasteiger partial charge in [0, 0.05) is 46.2 Å². The fourth-order valence-corrected chi connectivity index (χ4v) is 4.20. The maximum absolute atomic E-state index is 12.7. The molecule has 1 N–H and O–H groups in total. The van der Waals surface area contributed by atoms with Gasteiger partial charge < -0.3 is 4.90 Å². The van der Waals surface area contributed by atoms with Gasteiger partial charge in [0.25, 0.3) is 5.91 Å². The molecule has 1 aromatic carbocycles. The zero-order valence-electron chi connectivity index (χ0n) is 13.2. The van der Waals surface area contributed by atoms with E-state index in [1.54, 1.807) is 18.2 Å². The van der Waals surface area contributed by atoms with E-state index in [1.807, 2.05) is 0 Å². The van der Waals surface area contributed by atoms with Crippen molar-refractivity contribution in [3.63, 3.8) is 0 Å². The van der Waals surface area contributed by atoms with Crippen molar-refractivity contribution in [1.29, 1.82) is 0 Å². The third kappa shape index (κ3) is 3.26. The van der Waals surface area contributed by atoms with Crippen molar-refractivity contribution in [3.8, 4) is 0 Å². The molecule has 1 aromatic rings. The molecule has 2 heterocycles. The quantitative estimate of drug-likeness (QED) is 0.360. The summed E-state index contributed by atoms with van der Waals surface area (Å²) in [5.41, 5.74) is 9.35. The van der Waals surface area contributed by atoms with E-state index in [4.69, 9.17) is 5.53 Å². The predicted octanol–water partition coefficient (Wildman–Crippen LogP) is 0.865. The van der Waals surface area contributed by atoms with Crippen LogP contribution in [0.1, 0.15) is 28.8 Å². The monoisotopic (exact) mass is 361 g/mol. The molecule has 3 rings (SSSR count). The molecule has 130 valence electrons. The van der Waals surface area contributed by atoms with Crippen LogP contribution in [0, 0.1) is 0 Å². The molecule has 2 aliphatic rings. The Balaban J connectivity index is 1.85. The summed E-state index contributed by atoms with van der Waals surface area (Å²) in [5, 5.41) is 5.62. The van der Waals surface area contributed by atoms with E-state index in [2.05, 4.69) is 15.3 Å². The van der Waals surface area contributed by atoms with Gasteiger partial charge in [-0.3, -0.25) is 23.9 Å².